The quantitative estimate of drug-likeness (QED) is 0.362. The maximum atomic E-state index is 12.7. The minimum absolute atomic E-state index is 0.139. The Labute approximate surface area is 98.4 Å². The Balaban J connectivity index is 3.82. The van der Waals surface area contributed by atoms with Gasteiger partial charge in [-0.15, -0.1) is 0 Å². The Morgan fingerprint density at radius 3 is 2.28 bits per heavy atom. The molecule has 0 atom stereocenters. The van der Waals surface area contributed by atoms with E-state index in [1.54, 1.807) is 0 Å². The molecule has 0 heterocycles. The second-order valence-corrected chi connectivity index (χ2v) is 3.35. The molecule has 96 valence electrons. The van der Waals surface area contributed by atoms with Gasteiger partial charge in [0.2, 0.25) is 0 Å². The fraction of sp³-hybridized carbons (Fsp3) is 0.200. The molecular weight excluding hydrogens is 255 g/mol. The molecule has 0 aliphatic heterocycles. The SMILES string of the molecule is CC(=O)c1ccc(C=O)c(C(F)(F)F)c1[N+](=O)[O-]. The Morgan fingerprint density at radius 1 is 1.39 bits per heavy atom. The van der Waals surface area contributed by atoms with E-state index in [0.29, 0.717) is 0 Å². The number of nitro benzene ring substituents is 1. The zero-order chi connectivity index (χ0) is 14.1. The van der Waals surface area contributed by atoms with Gasteiger partial charge in [-0.2, -0.15) is 13.2 Å². The van der Waals surface area contributed by atoms with Crippen LogP contribution in [0.4, 0.5) is 18.9 Å². The predicted octanol–water partition coefficient (Wildman–Crippen LogP) is 2.63. The summed E-state index contributed by atoms with van der Waals surface area (Å²) in [5, 5.41) is 10.7. The highest BCUT2D eigenvalue weighted by Gasteiger charge is 2.43. The van der Waals surface area contributed by atoms with E-state index in [9.17, 15) is 32.9 Å². The normalized spacial score (nSPS) is 11.1. The minimum atomic E-state index is -5.09. The molecule has 0 fully saturated rings. The number of nitrogens with zero attached hydrogens (tertiary/aromatic N) is 1. The van der Waals surface area contributed by atoms with Crippen molar-refractivity contribution in [2.45, 2.75) is 13.1 Å². The lowest BCUT2D eigenvalue weighted by Crippen LogP contribution is -2.15. The number of alkyl halides is 3. The maximum absolute atomic E-state index is 12.7. The number of rotatable bonds is 3. The summed E-state index contributed by atoms with van der Waals surface area (Å²) < 4.78 is 38.2. The van der Waals surface area contributed by atoms with Crippen molar-refractivity contribution in [1.29, 1.82) is 0 Å². The highest BCUT2D eigenvalue weighted by atomic mass is 19.4. The van der Waals surface area contributed by atoms with Crippen molar-refractivity contribution in [2.24, 2.45) is 0 Å². The second kappa shape index (κ2) is 4.55. The van der Waals surface area contributed by atoms with Crippen LogP contribution in [0.25, 0.3) is 0 Å². The molecule has 0 amide bonds. The van der Waals surface area contributed by atoms with Crippen LogP contribution in [0.2, 0.25) is 0 Å². The van der Waals surface area contributed by atoms with Crippen LogP contribution in [0, 0.1) is 10.1 Å². The largest absolute Gasteiger partial charge is 0.423 e. The van der Waals surface area contributed by atoms with Crippen LogP contribution >= 0.6 is 0 Å². The highest BCUT2D eigenvalue weighted by Crippen LogP contribution is 2.40. The third-order valence-corrected chi connectivity index (χ3v) is 2.18. The minimum Gasteiger partial charge on any atom is -0.298 e. The number of nitro groups is 1. The summed E-state index contributed by atoms with van der Waals surface area (Å²) in [5.41, 5.74) is -4.65. The first-order valence-electron chi connectivity index (χ1n) is 4.54. The summed E-state index contributed by atoms with van der Waals surface area (Å²) in [6.45, 7) is 0.906. The molecule has 1 aromatic rings. The molecule has 1 rings (SSSR count). The molecule has 5 nitrogen and oxygen atoms in total. The van der Waals surface area contributed by atoms with E-state index in [-0.39, 0.29) is 6.29 Å². The van der Waals surface area contributed by atoms with E-state index in [1.807, 2.05) is 0 Å². The zero-order valence-corrected chi connectivity index (χ0v) is 8.95. The maximum Gasteiger partial charge on any atom is 0.423 e. The average Bonchev–Trinajstić information content (AvgIpc) is 2.25. The number of Topliss-reactive ketones (excluding diaryl/α,β-unsaturated/α-hetero) is 1. The third-order valence-electron chi connectivity index (χ3n) is 2.18. The van der Waals surface area contributed by atoms with Gasteiger partial charge in [0, 0.05) is 5.56 Å². The van der Waals surface area contributed by atoms with E-state index in [1.165, 1.54) is 0 Å². The number of ketones is 1. The van der Waals surface area contributed by atoms with E-state index in [4.69, 9.17) is 0 Å². The first-order chi connectivity index (χ1) is 8.20. The van der Waals surface area contributed by atoms with Crippen LogP contribution in [0.3, 0.4) is 0 Å². The van der Waals surface area contributed by atoms with Gasteiger partial charge in [-0.3, -0.25) is 19.7 Å². The van der Waals surface area contributed by atoms with Crippen molar-refractivity contribution < 1.29 is 27.7 Å². The molecule has 0 N–H and O–H groups in total. The van der Waals surface area contributed by atoms with Gasteiger partial charge < -0.3 is 0 Å². The summed E-state index contributed by atoms with van der Waals surface area (Å²) in [5.74, 6) is -0.885. The van der Waals surface area contributed by atoms with Crippen LogP contribution < -0.4 is 0 Å². The zero-order valence-electron chi connectivity index (χ0n) is 8.95. The van der Waals surface area contributed by atoms with Crippen molar-refractivity contribution in [3.63, 3.8) is 0 Å². The fourth-order valence-corrected chi connectivity index (χ4v) is 1.48. The van der Waals surface area contributed by atoms with Gasteiger partial charge in [0.05, 0.1) is 10.5 Å². The van der Waals surface area contributed by atoms with Crippen molar-refractivity contribution in [3.8, 4) is 0 Å². The van der Waals surface area contributed by atoms with Crippen LogP contribution in [0.15, 0.2) is 12.1 Å². The highest BCUT2D eigenvalue weighted by molar-refractivity contribution is 6.00. The predicted molar refractivity (Wildman–Crippen MR) is 53.5 cm³/mol. The molecule has 0 aliphatic carbocycles. The summed E-state index contributed by atoms with van der Waals surface area (Å²) in [7, 11) is 0. The standard InChI is InChI=1S/C10H6F3NO4/c1-5(16)7-3-2-6(4-15)8(10(11,12)13)9(7)14(17)18/h2-4H,1H3. The summed E-state index contributed by atoms with van der Waals surface area (Å²) in [4.78, 5) is 31.0. The number of hydrogen-bond acceptors (Lipinski definition) is 4. The summed E-state index contributed by atoms with van der Waals surface area (Å²) in [6, 6.07) is 1.57. The molecule has 0 spiro atoms. The van der Waals surface area contributed by atoms with E-state index >= 15 is 0 Å². The van der Waals surface area contributed by atoms with Gasteiger partial charge in [0.15, 0.2) is 12.1 Å². The number of carbonyl (C=O) groups excluding carboxylic acids is 2. The van der Waals surface area contributed by atoms with Crippen molar-refractivity contribution in [3.05, 3.63) is 38.9 Å². The smallest absolute Gasteiger partial charge is 0.298 e. The van der Waals surface area contributed by atoms with Crippen LogP contribution in [-0.4, -0.2) is 17.0 Å². The van der Waals surface area contributed by atoms with Gasteiger partial charge in [0.25, 0.3) is 5.69 Å². The van der Waals surface area contributed by atoms with Crippen molar-refractivity contribution in [1.82, 2.24) is 0 Å². The van der Waals surface area contributed by atoms with Gasteiger partial charge in [-0.1, -0.05) is 0 Å². The molecule has 0 aromatic heterocycles. The van der Waals surface area contributed by atoms with Crippen LogP contribution in [0.5, 0.6) is 0 Å². The number of carbonyl (C=O) groups is 2. The summed E-state index contributed by atoms with van der Waals surface area (Å²) >= 11 is 0. The average molecular weight is 261 g/mol. The van der Waals surface area contributed by atoms with E-state index in [2.05, 4.69) is 0 Å². The molecule has 18 heavy (non-hydrogen) atoms. The monoisotopic (exact) mass is 261 g/mol. The molecule has 0 saturated carbocycles. The van der Waals surface area contributed by atoms with E-state index in [0.717, 1.165) is 19.1 Å². The molecule has 0 unspecified atom stereocenters. The molecule has 0 aliphatic rings. The van der Waals surface area contributed by atoms with Gasteiger partial charge >= 0.3 is 6.18 Å². The van der Waals surface area contributed by atoms with Gasteiger partial charge in [-0.25, -0.2) is 0 Å². The third kappa shape index (κ3) is 2.36. The molecule has 0 radical (unpaired) electrons. The number of hydrogen-bond donors (Lipinski definition) is 0. The lowest BCUT2D eigenvalue weighted by atomic mass is 9.99. The second-order valence-electron chi connectivity index (χ2n) is 3.35. The van der Waals surface area contributed by atoms with Crippen LogP contribution in [-0.2, 0) is 6.18 Å². The molecule has 8 heteroatoms. The Kier molecular flexibility index (Phi) is 3.49. The first kappa shape index (κ1) is 13.8. The van der Waals surface area contributed by atoms with Crippen molar-refractivity contribution >= 4 is 17.8 Å². The molecule has 1 aromatic carbocycles. The Hall–Kier alpha value is -2.25. The topological polar surface area (TPSA) is 77.3 Å². The number of benzene rings is 1. The molecular formula is C10H6F3NO4. The Morgan fingerprint density at radius 2 is 1.94 bits per heavy atom. The van der Waals surface area contributed by atoms with Crippen molar-refractivity contribution in [2.75, 3.05) is 0 Å². The fourth-order valence-electron chi connectivity index (χ4n) is 1.48. The molecule has 0 bridgehead atoms. The first-order valence-corrected chi connectivity index (χ1v) is 4.54. The van der Waals surface area contributed by atoms with Crippen LogP contribution in [0.1, 0.15) is 33.2 Å². The lowest BCUT2D eigenvalue weighted by Gasteiger charge is -2.11. The number of halogens is 3. The van der Waals surface area contributed by atoms with Gasteiger partial charge in [-0.05, 0) is 19.1 Å². The number of aldehydes is 1. The van der Waals surface area contributed by atoms with E-state index < -0.39 is 39.3 Å². The Bertz CT molecular complexity index is 537. The van der Waals surface area contributed by atoms with Gasteiger partial charge in [0.1, 0.15) is 5.56 Å². The summed E-state index contributed by atoms with van der Waals surface area (Å²) in [6.07, 6.45) is -5.23. The molecule has 0 saturated heterocycles. The lowest BCUT2D eigenvalue weighted by molar-refractivity contribution is -0.388.